The van der Waals surface area contributed by atoms with Crippen LogP contribution in [-0.2, 0) is 11.2 Å². The molecule has 0 amide bonds. The second-order valence-electron chi connectivity index (χ2n) is 8.30. The van der Waals surface area contributed by atoms with Gasteiger partial charge in [0, 0.05) is 18.3 Å². The van der Waals surface area contributed by atoms with Gasteiger partial charge in [0.2, 0.25) is 0 Å². The Kier molecular flexibility index (Phi) is 4.31. The Hall–Kier alpha value is -1.82. The molecule has 0 aliphatic heterocycles. The first-order valence-electron chi connectivity index (χ1n) is 9.79. The van der Waals surface area contributed by atoms with Crippen molar-refractivity contribution in [3.63, 3.8) is 0 Å². The van der Waals surface area contributed by atoms with Gasteiger partial charge in [-0.1, -0.05) is 13.0 Å². The maximum Gasteiger partial charge on any atom is 0.139 e. The van der Waals surface area contributed by atoms with Crippen molar-refractivity contribution in [2.45, 2.75) is 64.2 Å². The number of nitrogens with zero attached hydrogens (tertiary/aromatic N) is 1. The van der Waals surface area contributed by atoms with E-state index in [0.717, 1.165) is 44.3 Å². The van der Waals surface area contributed by atoms with Crippen LogP contribution in [0.15, 0.2) is 18.2 Å². The van der Waals surface area contributed by atoms with E-state index in [1.165, 1.54) is 17.5 Å². The number of aryl methyl sites for hydroxylation is 1. The van der Waals surface area contributed by atoms with E-state index in [4.69, 9.17) is 10.00 Å². The lowest BCUT2D eigenvalue weighted by Crippen LogP contribution is -2.42. The summed E-state index contributed by atoms with van der Waals surface area (Å²) in [7, 11) is 0. The Balaban J connectivity index is 1.51. The topological polar surface area (TPSA) is 50.1 Å². The fourth-order valence-electron chi connectivity index (χ4n) is 5.76. The molecule has 0 spiro atoms. The molecule has 3 nitrogen and oxygen atoms in total. The zero-order valence-corrected chi connectivity index (χ0v) is 15.1. The summed E-state index contributed by atoms with van der Waals surface area (Å²) in [6.45, 7) is 2.85. The van der Waals surface area contributed by atoms with E-state index in [-0.39, 0.29) is 5.41 Å². The van der Waals surface area contributed by atoms with E-state index in [1.807, 2.05) is 0 Å². The number of carbonyl (C=O) groups excluding carboxylic acids is 1. The number of ether oxygens (including phenoxy) is 1. The molecule has 0 N–H and O–H groups in total. The summed E-state index contributed by atoms with van der Waals surface area (Å²) in [5.41, 5.74) is 2.90. The first kappa shape index (κ1) is 16.6. The van der Waals surface area contributed by atoms with Crippen molar-refractivity contribution in [1.82, 2.24) is 0 Å². The van der Waals surface area contributed by atoms with E-state index < -0.39 is 0 Å². The molecule has 0 aromatic heterocycles. The van der Waals surface area contributed by atoms with Gasteiger partial charge in [-0.2, -0.15) is 5.26 Å². The molecule has 3 heteroatoms. The molecule has 132 valence electrons. The van der Waals surface area contributed by atoms with Gasteiger partial charge in [0.1, 0.15) is 11.5 Å². The van der Waals surface area contributed by atoms with Crippen molar-refractivity contribution < 1.29 is 9.53 Å². The van der Waals surface area contributed by atoms with Crippen molar-refractivity contribution in [3.8, 4) is 11.8 Å². The largest absolute Gasteiger partial charge is 0.494 e. The lowest BCUT2D eigenvalue weighted by Gasteiger charge is -2.48. The lowest BCUT2D eigenvalue weighted by molar-refractivity contribution is -0.129. The highest BCUT2D eigenvalue weighted by molar-refractivity contribution is 5.87. The van der Waals surface area contributed by atoms with Crippen LogP contribution in [-0.4, -0.2) is 12.4 Å². The van der Waals surface area contributed by atoms with E-state index in [2.05, 4.69) is 31.2 Å². The number of Topliss-reactive ketones (excluding diaryl/α,β-unsaturated/α-hetero) is 1. The zero-order valence-electron chi connectivity index (χ0n) is 15.1. The quantitative estimate of drug-likeness (QED) is 0.742. The molecule has 2 fully saturated rings. The highest BCUT2D eigenvalue weighted by Crippen LogP contribution is 2.59. The molecule has 0 bridgehead atoms. The number of unbranched alkanes of at least 4 members (excludes halogenated alkanes) is 1. The summed E-state index contributed by atoms with van der Waals surface area (Å²) in [6.07, 6.45) is 7.76. The third kappa shape index (κ3) is 2.76. The van der Waals surface area contributed by atoms with Crippen LogP contribution in [0.2, 0.25) is 0 Å². The summed E-state index contributed by atoms with van der Waals surface area (Å²) < 4.78 is 5.81. The number of fused-ring (bicyclic) bond motifs is 5. The first-order chi connectivity index (χ1) is 12.1. The van der Waals surface area contributed by atoms with E-state index in [0.29, 0.717) is 36.6 Å². The Morgan fingerprint density at radius 3 is 3.00 bits per heavy atom. The molecule has 0 heterocycles. The minimum Gasteiger partial charge on any atom is -0.494 e. The van der Waals surface area contributed by atoms with Crippen molar-refractivity contribution in [3.05, 3.63) is 29.3 Å². The minimum absolute atomic E-state index is 0.0392. The van der Waals surface area contributed by atoms with Crippen LogP contribution in [0.3, 0.4) is 0 Å². The predicted octanol–water partition coefficient (Wildman–Crippen LogP) is 4.79. The summed E-state index contributed by atoms with van der Waals surface area (Å²) in [4.78, 5) is 12.4. The molecule has 2 saturated carbocycles. The molecule has 3 aliphatic carbocycles. The third-order valence-electron chi connectivity index (χ3n) is 7.11. The van der Waals surface area contributed by atoms with Crippen molar-refractivity contribution in [2.24, 2.45) is 17.3 Å². The van der Waals surface area contributed by atoms with Crippen LogP contribution in [0.5, 0.6) is 5.75 Å². The van der Waals surface area contributed by atoms with Gasteiger partial charge in [0.15, 0.2) is 0 Å². The smallest absolute Gasteiger partial charge is 0.139 e. The Bertz CT molecular complexity index is 719. The zero-order chi connectivity index (χ0) is 17.4. The highest BCUT2D eigenvalue weighted by atomic mass is 16.5. The normalized spacial score (nSPS) is 33.1. The van der Waals surface area contributed by atoms with E-state index in [9.17, 15) is 4.79 Å². The molecular formula is C22H27NO2. The summed E-state index contributed by atoms with van der Waals surface area (Å²) in [6, 6.07) is 8.74. The van der Waals surface area contributed by atoms with Crippen molar-refractivity contribution in [1.29, 1.82) is 5.26 Å². The Labute approximate surface area is 150 Å². The number of hydrogen-bond donors (Lipinski definition) is 0. The average Bonchev–Trinajstić information content (AvgIpc) is 2.93. The van der Waals surface area contributed by atoms with Gasteiger partial charge in [0.05, 0.1) is 12.7 Å². The first-order valence-corrected chi connectivity index (χ1v) is 9.79. The van der Waals surface area contributed by atoms with Crippen LogP contribution in [0, 0.1) is 28.6 Å². The molecular weight excluding hydrogens is 310 g/mol. The number of ketones is 1. The second kappa shape index (κ2) is 6.48. The number of carbonyl (C=O) groups is 1. The fraction of sp³-hybridized carbons (Fsp3) is 0.636. The average molecular weight is 337 g/mol. The van der Waals surface area contributed by atoms with Crippen LogP contribution in [0.1, 0.15) is 68.9 Å². The maximum absolute atomic E-state index is 12.4. The summed E-state index contributed by atoms with van der Waals surface area (Å²) in [5.74, 6) is 3.35. The molecule has 1 aromatic carbocycles. The molecule has 0 saturated heterocycles. The number of rotatable bonds is 4. The van der Waals surface area contributed by atoms with Gasteiger partial charge >= 0.3 is 0 Å². The van der Waals surface area contributed by atoms with Gasteiger partial charge in [-0.25, -0.2) is 0 Å². The number of nitriles is 1. The van der Waals surface area contributed by atoms with Crippen LogP contribution < -0.4 is 4.74 Å². The molecule has 4 atom stereocenters. The summed E-state index contributed by atoms with van der Waals surface area (Å²) >= 11 is 0. The van der Waals surface area contributed by atoms with Crippen molar-refractivity contribution in [2.75, 3.05) is 6.61 Å². The monoisotopic (exact) mass is 337 g/mol. The molecule has 0 unspecified atom stereocenters. The van der Waals surface area contributed by atoms with E-state index in [1.54, 1.807) is 0 Å². The lowest BCUT2D eigenvalue weighted by atomic mass is 9.55. The predicted molar refractivity (Wildman–Crippen MR) is 96.4 cm³/mol. The van der Waals surface area contributed by atoms with Gasteiger partial charge in [-0.3, -0.25) is 4.79 Å². The molecule has 1 aromatic rings. The third-order valence-corrected chi connectivity index (χ3v) is 7.11. The van der Waals surface area contributed by atoms with Gasteiger partial charge in [0.25, 0.3) is 0 Å². The SMILES string of the molecule is C[C@]12CC[C@@H]3c4ccc(OCCCC#N)cc4CC[C@H]3[C@@H]1CCC2=O. The Morgan fingerprint density at radius 2 is 2.16 bits per heavy atom. The molecule has 25 heavy (non-hydrogen) atoms. The molecule has 4 rings (SSSR count). The van der Waals surface area contributed by atoms with Crippen molar-refractivity contribution >= 4 is 5.78 Å². The molecule has 3 aliphatic rings. The fourth-order valence-corrected chi connectivity index (χ4v) is 5.76. The van der Waals surface area contributed by atoms with E-state index >= 15 is 0 Å². The maximum atomic E-state index is 12.4. The van der Waals surface area contributed by atoms with Gasteiger partial charge < -0.3 is 4.74 Å². The minimum atomic E-state index is -0.0392. The van der Waals surface area contributed by atoms with Crippen LogP contribution >= 0.6 is 0 Å². The number of benzene rings is 1. The highest BCUT2D eigenvalue weighted by Gasteiger charge is 2.54. The van der Waals surface area contributed by atoms with Crippen LogP contribution in [0.25, 0.3) is 0 Å². The second-order valence-corrected chi connectivity index (χ2v) is 8.30. The van der Waals surface area contributed by atoms with Crippen LogP contribution in [0.4, 0.5) is 0 Å². The Morgan fingerprint density at radius 1 is 1.28 bits per heavy atom. The standard InChI is InChI=1S/C22H27NO2/c1-22-11-10-18-17-7-5-16(25-13-3-2-12-23)14-15(17)4-6-19(18)20(22)8-9-21(22)24/h5,7,14,18-20H,2-4,6,8-11,13H2,1H3/t18-,19-,20+,22+/m1/s1. The van der Waals surface area contributed by atoms with Gasteiger partial charge in [-0.15, -0.1) is 0 Å². The van der Waals surface area contributed by atoms with Gasteiger partial charge in [-0.05, 0) is 79.5 Å². The summed E-state index contributed by atoms with van der Waals surface area (Å²) in [5, 5.41) is 8.60. The number of hydrogen-bond acceptors (Lipinski definition) is 3. The molecule has 0 radical (unpaired) electrons.